The molecule has 0 unspecified atom stereocenters. The van der Waals surface area contributed by atoms with Crippen molar-refractivity contribution in [2.75, 3.05) is 26.4 Å². The van der Waals surface area contributed by atoms with Crippen molar-refractivity contribution in [3.05, 3.63) is 47.4 Å². The van der Waals surface area contributed by atoms with Gasteiger partial charge in [-0.3, -0.25) is 9.80 Å². The first-order valence-electron chi connectivity index (χ1n) is 10.4. The summed E-state index contributed by atoms with van der Waals surface area (Å²) in [6.07, 6.45) is 2.59. The smallest absolute Gasteiger partial charge is 0.231 e. The minimum absolute atomic E-state index is 0.0394. The molecule has 2 bridgehead atoms. The Morgan fingerprint density at radius 1 is 0.964 bits per heavy atom. The van der Waals surface area contributed by atoms with Crippen LogP contribution in [0, 0.1) is 5.92 Å². The number of rotatable bonds is 4. The zero-order valence-corrected chi connectivity index (χ0v) is 15.9. The number of ether oxygens (including phenoxy) is 2. The molecule has 2 aromatic rings. The van der Waals surface area contributed by atoms with E-state index in [1.807, 2.05) is 12.1 Å². The topological polar surface area (TPSA) is 58.3 Å². The highest BCUT2D eigenvalue weighted by Crippen LogP contribution is 2.48. The lowest BCUT2D eigenvalue weighted by atomic mass is 9.75. The number of furan rings is 1. The van der Waals surface area contributed by atoms with E-state index in [1.54, 1.807) is 0 Å². The van der Waals surface area contributed by atoms with Gasteiger partial charge in [0.25, 0.3) is 0 Å². The van der Waals surface area contributed by atoms with Gasteiger partial charge >= 0.3 is 0 Å². The molecule has 6 heterocycles. The average Bonchev–Trinajstić information content (AvgIpc) is 3.47. The van der Waals surface area contributed by atoms with Crippen LogP contribution >= 0.6 is 0 Å². The van der Waals surface area contributed by atoms with E-state index in [0.717, 1.165) is 36.3 Å². The lowest BCUT2D eigenvalue weighted by Crippen LogP contribution is -2.59. The second kappa shape index (κ2) is 6.51. The summed E-state index contributed by atoms with van der Waals surface area (Å²) < 4.78 is 17.0. The van der Waals surface area contributed by atoms with Crippen LogP contribution in [-0.4, -0.2) is 53.4 Å². The molecule has 3 atom stereocenters. The van der Waals surface area contributed by atoms with Crippen LogP contribution in [0.15, 0.2) is 34.7 Å². The van der Waals surface area contributed by atoms with E-state index in [-0.39, 0.29) is 6.61 Å². The van der Waals surface area contributed by atoms with Crippen LogP contribution in [0.3, 0.4) is 0 Å². The monoisotopic (exact) mass is 382 g/mol. The van der Waals surface area contributed by atoms with E-state index in [4.69, 9.17) is 13.9 Å². The lowest BCUT2D eigenvalue weighted by molar-refractivity contribution is -0.0103. The maximum atomic E-state index is 9.32. The molecular formula is C22H26N2O4. The Bertz CT molecular complexity index is 873. The van der Waals surface area contributed by atoms with Crippen LogP contribution in [0.4, 0.5) is 0 Å². The van der Waals surface area contributed by atoms with Gasteiger partial charge < -0.3 is 19.0 Å². The van der Waals surface area contributed by atoms with Crippen LogP contribution in [0.2, 0.25) is 0 Å². The van der Waals surface area contributed by atoms with Crippen molar-refractivity contribution in [2.24, 2.45) is 5.92 Å². The molecule has 0 saturated carbocycles. The van der Waals surface area contributed by atoms with Gasteiger partial charge in [-0.2, -0.15) is 0 Å². The molecule has 0 aliphatic carbocycles. The Balaban J connectivity index is 1.33. The average molecular weight is 382 g/mol. The van der Waals surface area contributed by atoms with Gasteiger partial charge in [0.2, 0.25) is 6.79 Å². The van der Waals surface area contributed by atoms with Gasteiger partial charge in [0.15, 0.2) is 11.5 Å². The Morgan fingerprint density at radius 3 is 2.61 bits per heavy atom. The van der Waals surface area contributed by atoms with Crippen LogP contribution in [0.25, 0.3) is 0 Å². The number of aliphatic hydroxyl groups excluding tert-OH is 1. The molecule has 1 aromatic carbocycles. The SMILES string of the molecule is OCc1ccc(CN2C[C@H](c3ccc4c(c3)OCO4)[C@H]3[C@@H]2C2CCN3CC2)o1. The molecule has 1 N–H and O–H groups in total. The van der Waals surface area contributed by atoms with Crippen molar-refractivity contribution < 1.29 is 19.0 Å². The Hall–Kier alpha value is -2.02. The van der Waals surface area contributed by atoms with E-state index in [0.29, 0.717) is 30.6 Å². The molecule has 0 spiro atoms. The van der Waals surface area contributed by atoms with E-state index >= 15 is 0 Å². The number of piperidine rings is 3. The fourth-order valence-corrected chi connectivity index (χ4v) is 5.95. The summed E-state index contributed by atoms with van der Waals surface area (Å²) in [5.41, 5.74) is 1.35. The van der Waals surface area contributed by atoms with Gasteiger partial charge in [-0.25, -0.2) is 0 Å². The molecule has 28 heavy (non-hydrogen) atoms. The highest BCUT2D eigenvalue weighted by molar-refractivity contribution is 5.46. The first-order valence-corrected chi connectivity index (χ1v) is 10.4. The van der Waals surface area contributed by atoms with Crippen molar-refractivity contribution >= 4 is 0 Å². The predicted molar refractivity (Wildman–Crippen MR) is 102 cm³/mol. The zero-order valence-electron chi connectivity index (χ0n) is 15.9. The van der Waals surface area contributed by atoms with Crippen LogP contribution < -0.4 is 9.47 Å². The molecule has 5 aliphatic rings. The summed E-state index contributed by atoms with van der Waals surface area (Å²) in [4.78, 5) is 5.33. The van der Waals surface area contributed by atoms with Crippen molar-refractivity contribution in [1.29, 1.82) is 0 Å². The van der Waals surface area contributed by atoms with Crippen LogP contribution in [0.1, 0.15) is 35.8 Å². The third-order valence-corrected chi connectivity index (χ3v) is 7.15. The largest absolute Gasteiger partial charge is 0.462 e. The molecule has 1 aromatic heterocycles. The second-order valence-corrected chi connectivity index (χ2v) is 8.53. The molecule has 0 amide bonds. The summed E-state index contributed by atoms with van der Waals surface area (Å²) in [6, 6.07) is 11.5. The van der Waals surface area contributed by atoms with E-state index in [2.05, 4.69) is 28.0 Å². The molecule has 6 heteroatoms. The van der Waals surface area contributed by atoms with Crippen LogP contribution in [0.5, 0.6) is 11.5 Å². The third kappa shape index (κ3) is 2.59. The molecule has 148 valence electrons. The summed E-state index contributed by atoms with van der Waals surface area (Å²) >= 11 is 0. The highest BCUT2D eigenvalue weighted by Gasteiger charge is 2.53. The molecule has 7 rings (SSSR count). The number of benzene rings is 1. The van der Waals surface area contributed by atoms with Crippen molar-refractivity contribution in [2.45, 2.75) is 44.0 Å². The van der Waals surface area contributed by atoms with Crippen molar-refractivity contribution in [3.8, 4) is 11.5 Å². The van der Waals surface area contributed by atoms with Gasteiger partial charge in [-0.1, -0.05) is 6.07 Å². The molecule has 4 fully saturated rings. The van der Waals surface area contributed by atoms with Gasteiger partial charge in [0, 0.05) is 24.5 Å². The van der Waals surface area contributed by atoms with E-state index in [1.165, 1.54) is 31.5 Å². The Kier molecular flexibility index (Phi) is 3.93. The Labute approximate surface area is 164 Å². The molecule has 0 radical (unpaired) electrons. The molecule has 5 aliphatic heterocycles. The number of fused-ring (bicyclic) bond motifs is 3. The first-order chi connectivity index (χ1) is 13.8. The van der Waals surface area contributed by atoms with Gasteiger partial charge in [0.1, 0.15) is 18.1 Å². The number of hydrogen-bond acceptors (Lipinski definition) is 6. The minimum Gasteiger partial charge on any atom is -0.462 e. The quantitative estimate of drug-likeness (QED) is 0.877. The number of hydrogen-bond donors (Lipinski definition) is 1. The van der Waals surface area contributed by atoms with Gasteiger partial charge in [-0.05, 0) is 61.7 Å². The van der Waals surface area contributed by atoms with E-state index < -0.39 is 0 Å². The zero-order chi connectivity index (χ0) is 18.7. The van der Waals surface area contributed by atoms with Gasteiger partial charge in [-0.15, -0.1) is 0 Å². The molecular weight excluding hydrogens is 356 g/mol. The summed E-state index contributed by atoms with van der Waals surface area (Å²) in [5, 5.41) is 9.32. The summed E-state index contributed by atoms with van der Waals surface area (Å²) in [7, 11) is 0. The standard InChI is InChI=1S/C22H26N2O4/c25-12-17-3-2-16(28-17)10-24-11-18(15-1-4-19-20(9-15)27-13-26-19)22-21(24)14-5-7-23(22)8-6-14/h1-4,9,14,18,21-22,25H,5-8,10-13H2/t18-,21+,22+/m1/s1. The number of likely N-dealkylation sites (tertiary alicyclic amines) is 1. The van der Waals surface area contributed by atoms with Crippen molar-refractivity contribution in [1.82, 2.24) is 9.80 Å². The normalized spacial score (nSPS) is 33.4. The van der Waals surface area contributed by atoms with Gasteiger partial charge in [0.05, 0.1) is 6.54 Å². The number of nitrogens with zero attached hydrogens (tertiary/aromatic N) is 2. The van der Waals surface area contributed by atoms with Crippen LogP contribution in [-0.2, 0) is 13.2 Å². The summed E-state index contributed by atoms with van der Waals surface area (Å²) in [5.74, 6) is 4.56. The highest BCUT2D eigenvalue weighted by atomic mass is 16.7. The summed E-state index contributed by atoms with van der Waals surface area (Å²) in [6.45, 7) is 4.56. The maximum absolute atomic E-state index is 9.32. The fraction of sp³-hybridized carbons (Fsp3) is 0.545. The second-order valence-electron chi connectivity index (χ2n) is 8.53. The van der Waals surface area contributed by atoms with E-state index in [9.17, 15) is 5.11 Å². The third-order valence-electron chi connectivity index (χ3n) is 7.15. The first kappa shape index (κ1) is 16.9. The lowest BCUT2D eigenvalue weighted by Gasteiger charge is -2.51. The molecule has 4 saturated heterocycles. The molecule has 6 nitrogen and oxygen atoms in total. The Morgan fingerprint density at radius 2 is 1.79 bits per heavy atom. The van der Waals surface area contributed by atoms with Crippen molar-refractivity contribution in [3.63, 3.8) is 0 Å². The number of aliphatic hydroxyl groups is 1. The fourth-order valence-electron chi connectivity index (χ4n) is 5.95. The predicted octanol–water partition coefficient (Wildman–Crippen LogP) is 2.56. The minimum atomic E-state index is -0.0394. The maximum Gasteiger partial charge on any atom is 0.231 e.